The Morgan fingerprint density at radius 1 is 1.13 bits per heavy atom. The summed E-state index contributed by atoms with van der Waals surface area (Å²) in [4.78, 5) is 19.1. The molecule has 1 heterocycles. The summed E-state index contributed by atoms with van der Waals surface area (Å²) in [5, 5.41) is 0.650. The summed E-state index contributed by atoms with van der Waals surface area (Å²) >= 11 is 6.26. The summed E-state index contributed by atoms with van der Waals surface area (Å²) in [6, 6.07) is 11.9. The molecule has 1 saturated carbocycles. The molecule has 2 aromatic carbocycles. The van der Waals surface area contributed by atoms with Crippen LogP contribution in [0.5, 0.6) is 0 Å². The Morgan fingerprint density at radius 3 is 2.47 bits per heavy atom. The zero-order valence-corrected chi connectivity index (χ0v) is 16.7. The molecule has 0 aliphatic heterocycles. The van der Waals surface area contributed by atoms with E-state index in [1.807, 2.05) is 35.0 Å². The van der Waals surface area contributed by atoms with Crippen LogP contribution in [0.2, 0.25) is 5.02 Å². The highest BCUT2D eigenvalue weighted by Gasteiger charge is 2.35. The summed E-state index contributed by atoms with van der Waals surface area (Å²) in [7, 11) is 0. The third kappa shape index (κ3) is 4.51. The normalized spacial score (nSPS) is 14.0. The molecule has 4 nitrogen and oxygen atoms in total. The Labute approximate surface area is 176 Å². The van der Waals surface area contributed by atoms with Crippen molar-refractivity contribution in [1.82, 2.24) is 14.5 Å². The van der Waals surface area contributed by atoms with Gasteiger partial charge in [-0.05, 0) is 48.7 Å². The standard InChI is InChI=1S/C22H19ClF3N3O/c23-19-4-2-1-3-16(19)13-28-12-11-27-20(28)14-29(18-9-10-18)21(30)15-5-7-17(8-6-15)22(24,25)26/h1-8,11-12,18H,9-10,13-14H2. The number of aromatic nitrogens is 2. The molecule has 0 saturated heterocycles. The molecular weight excluding hydrogens is 415 g/mol. The fourth-order valence-electron chi connectivity index (χ4n) is 3.32. The number of carbonyl (C=O) groups is 1. The number of nitrogens with zero attached hydrogens (tertiary/aromatic N) is 3. The first-order valence-electron chi connectivity index (χ1n) is 9.54. The van der Waals surface area contributed by atoms with Crippen molar-refractivity contribution in [2.24, 2.45) is 0 Å². The second-order valence-electron chi connectivity index (χ2n) is 7.30. The quantitative estimate of drug-likeness (QED) is 0.521. The highest BCUT2D eigenvalue weighted by atomic mass is 35.5. The van der Waals surface area contributed by atoms with E-state index >= 15 is 0 Å². The van der Waals surface area contributed by atoms with Crippen LogP contribution in [0.25, 0.3) is 0 Å². The van der Waals surface area contributed by atoms with Crippen molar-refractivity contribution in [2.75, 3.05) is 0 Å². The van der Waals surface area contributed by atoms with Gasteiger partial charge in [0.15, 0.2) is 0 Å². The number of rotatable bonds is 6. The van der Waals surface area contributed by atoms with Gasteiger partial charge in [0.25, 0.3) is 5.91 Å². The molecule has 0 atom stereocenters. The van der Waals surface area contributed by atoms with E-state index in [1.165, 1.54) is 12.1 Å². The molecule has 4 rings (SSSR count). The second kappa shape index (κ2) is 8.14. The Balaban J connectivity index is 1.53. The van der Waals surface area contributed by atoms with Crippen LogP contribution in [0, 0.1) is 0 Å². The van der Waals surface area contributed by atoms with Gasteiger partial charge in [0, 0.05) is 29.0 Å². The summed E-state index contributed by atoms with van der Waals surface area (Å²) in [6.45, 7) is 0.796. The van der Waals surface area contributed by atoms with Gasteiger partial charge in [-0.25, -0.2) is 4.98 Å². The number of carbonyl (C=O) groups excluding carboxylic acids is 1. The molecule has 1 aliphatic carbocycles. The second-order valence-corrected chi connectivity index (χ2v) is 7.71. The molecule has 30 heavy (non-hydrogen) atoms. The number of imidazole rings is 1. The molecule has 0 unspecified atom stereocenters. The molecule has 0 spiro atoms. The van der Waals surface area contributed by atoms with Crippen LogP contribution in [0.1, 0.15) is 40.2 Å². The Morgan fingerprint density at radius 2 is 1.83 bits per heavy atom. The molecule has 156 valence electrons. The molecule has 0 radical (unpaired) electrons. The average Bonchev–Trinajstić information content (AvgIpc) is 3.47. The molecule has 0 bridgehead atoms. The fourth-order valence-corrected chi connectivity index (χ4v) is 3.51. The van der Waals surface area contributed by atoms with E-state index in [-0.39, 0.29) is 24.1 Å². The van der Waals surface area contributed by atoms with Crippen LogP contribution in [0.3, 0.4) is 0 Å². The minimum Gasteiger partial charge on any atom is -0.329 e. The third-order valence-electron chi connectivity index (χ3n) is 5.12. The lowest BCUT2D eigenvalue weighted by molar-refractivity contribution is -0.137. The van der Waals surface area contributed by atoms with E-state index in [4.69, 9.17) is 11.6 Å². The van der Waals surface area contributed by atoms with Crippen molar-refractivity contribution in [3.8, 4) is 0 Å². The van der Waals surface area contributed by atoms with Gasteiger partial charge < -0.3 is 9.47 Å². The summed E-state index contributed by atoms with van der Waals surface area (Å²) in [6.07, 6.45) is 0.808. The van der Waals surface area contributed by atoms with E-state index in [2.05, 4.69) is 4.98 Å². The van der Waals surface area contributed by atoms with Gasteiger partial charge in [-0.1, -0.05) is 29.8 Å². The topological polar surface area (TPSA) is 38.1 Å². The summed E-state index contributed by atoms with van der Waals surface area (Å²) < 4.78 is 40.3. The van der Waals surface area contributed by atoms with Crippen LogP contribution in [0.15, 0.2) is 60.9 Å². The maximum Gasteiger partial charge on any atom is 0.416 e. The van der Waals surface area contributed by atoms with Crippen LogP contribution in [0.4, 0.5) is 13.2 Å². The molecule has 1 fully saturated rings. The molecule has 1 amide bonds. The van der Waals surface area contributed by atoms with Gasteiger partial charge in [0.05, 0.1) is 18.7 Å². The maximum absolute atomic E-state index is 13.0. The van der Waals surface area contributed by atoms with Crippen LogP contribution in [-0.2, 0) is 19.3 Å². The van der Waals surface area contributed by atoms with Crippen molar-refractivity contribution in [3.63, 3.8) is 0 Å². The first-order chi connectivity index (χ1) is 14.3. The minimum atomic E-state index is -4.43. The first kappa shape index (κ1) is 20.5. The number of hydrogen-bond acceptors (Lipinski definition) is 2. The Kier molecular flexibility index (Phi) is 5.56. The molecule has 0 N–H and O–H groups in total. The maximum atomic E-state index is 13.0. The predicted octanol–water partition coefficient (Wildman–Crippen LogP) is 5.41. The Bertz CT molecular complexity index is 1040. The van der Waals surface area contributed by atoms with Gasteiger partial charge in [-0.3, -0.25) is 4.79 Å². The van der Waals surface area contributed by atoms with E-state index < -0.39 is 11.7 Å². The lowest BCUT2D eigenvalue weighted by Gasteiger charge is -2.23. The number of benzene rings is 2. The van der Waals surface area contributed by atoms with Gasteiger partial charge in [0.2, 0.25) is 0 Å². The predicted molar refractivity (Wildman–Crippen MR) is 107 cm³/mol. The third-order valence-corrected chi connectivity index (χ3v) is 5.49. The average molecular weight is 434 g/mol. The molecular formula is C22H19ClF3N3O. The highest BCUT2D eigenvalue weighted by Crippen LogP contribution is 2.32. The molecule has 3 aromatic rings. The number of halogens is 4. The minimum absolute atomic E-state index is 0.0743. The lowest BCUT2D eigenvalue weighted by Crippen LogP contribution is -2.33. The zero-order chi connectivity index (χ0) is 21.3. The first-order valence-corrected chi connectivity index (χ1v) is 9.92. The van der Waals surface area contributed by atoms with Crippen molar-refractivity contribution in [2.45, 2.75) is 38.1 Å². The number of amides is 1. The van der Waals surface area contributed by atoms with E-state index in [1.54, 1.807) is 11.1 Å². The number of hydrogen-bond donors (Lipinski definition) is 0. The lowest BCUT2D eigenvalue weighted by atomic mass is 10.1. The zero-order valence-electron chi connectivity index (χ0n) is 15.9. The van der Waals surface area contributed by atoms with Crippen LogP contribution in [-0.4, -0.2) is 26.4 Å². The van der Waals surface area contributed by atoms with Gasteiger partial charge in [-0.15, -0.1) is 0 Å². The monoisotopic (exact) mass is 433 g/mol. The molecule has 8 heteroatoms. The van der Waals surface area contributed by atoms with Gasteiger partial charge in [0.1, 0.15) is 5.82 Å². The fraction of sp³-hybridized carbons (Fsp3) is 0.273. The van der Waals surface area contributed by atoms with Crippen molar-refractivity contribution >= 4 is 17.5 Å². The van der Waals surface area contributed by atoms with Crippen LogP contribution >= 0.6 is 11.6 Å². The number of alkyl halides is 3. The summed E-state index contributed by atoms with van der Waals surface area (Å²) in [5.41, 5.74) is 0.400. The van der Waals surface area contributed by atoms with E-state index in [0.29, 0.717) is 17.4 Å². The van der Waals surface area contributed by atoms with Crippen molar-refractivity contribution in [1.29, 1.82) is 0 Å². The molecule has 1 aliphatic rings. The Hall–Kier alpha value is -2.80. The van der Waals surface area contributed by atoms with Crippen LogP contribution < -0.4 is 0 Å². The van der Waals surface area contributed by atoms with E-state index in [9.17, 15) is 18.0 Å². The highest BCUT2D eigenvalue weighted by molar-refractivity contribution is 6.31. The smallest absolute Gasteiger partial charge is 0.329 e. The van der Waals surface area contributed by atoms with Gasteiger partial charge in [-0.2, -0.15) is 13.2 Å². The van der Waals surface area contributed by atoms with Crippen molar-refractivity contribution < 1.29 is 18.0 Å². The largest absolute Gasteiger partial charge is 0.416 e. The van der Waals surface area contributed by atoms with Crippen molar-refractivity contribution in [3.05, 3.63) is 88.5 Å². The SMILES string of the molecule is O=C(c1ccc(C(F)(F)F)cc1)N(Cc1nccn1Cc1ccccc1Cl)C1CC1. The van der Waals surface area contributed by atoms with E-state index in [0.717, 1.165) is 30.5 Å². The summed E-state index contributed by atoms with van der Waals surface area (Å²) in [5.74, 6) is 0.403. The molecule has 1 aromatic heterocycles. The van der Waals surface area contributed by atoms with Gasteiger partial charge >= 0.3 is 6.18 Å².